The summed E-state index contributed by atoms with van der Waals surface area (Å²) in [7, 11) is 0. The van der Waals surface area contributed by atoms with Crippen LogP contribution < -0.4 is 5.32 Å². The monoisotopic (exact) mass is 228 g/mol. The van der Waals surface area contributed by atoms with Crippen molar-refractivity contribution in [2.75, 3.05) is 6.54 Å². The van der Waals surface area contributed by atoms with E-state index in [9.17, 15) is 0 Å². The molecule has 90 valence electrons. The molecule has 0 amide bonds. The van der Waals surface area contributed by atoms with E-state index in [0.717, 1.165) is 24.6 Å². The van der Waals surface area contributed by atoms with Gasteiger partial charge in [-0.1, -0.05) is 18.9 Å². The molecule has 0 unspecified atom stereocenters. The summed E-state index contributed by atoms with van der Waals surface area (Å²) in [5.41, 5.74) is 3.27. The molecule has 1 aliphatic rings. The molecule has 1 saturated carbocycles. The first-order valence-corrected chi connectivity index (χ1v) is 6.50. The first-order valence-electron chi connectivity index (χ1n) is 6.50. The van der Waals surface area contributed by atoms with Crippen molar-refractivity contribution >= 4 is 0 Å². The molecule has 0 aromatic heterocycles. The fraction of sp³-hybridized carbons (Fsp3) is 0.533. The fourth-order valence-corrected chi connectivity index (χ4v) is 2.59. The second-order valence-corrected chi connectivity index (χ2v) is 5.03. The van der Waals surface area contributed by atoms with Crippen molar-refractivity contribution in [2.24, 2.45) is 5.92 Å². The number of aryl methyl sites for hydroxylation is 1. The van der Waals surface area contributed by atoms with Gasteiger partial charge in [0.05, 0.1) is 11.6 Å². The van der Waals surface area contributed by atoms with Gasteiger partial charge in [-0.15, -0.1) is 0 Å². The number of rotatable bonds is 4. The highest BCUT2D eigenvalue weighted by molar-refractivity contribution is 5.37. The van der Waals surface area contributed by atoms with E-state index < -0.39 is 0 Å². The van der Waals surface area contributed by atoms with E-state index in [1.165, 1.54) is 36.8 Å². The molecular weight excluding hydrogens is 208 g/mol. The van der Waals surface area contributed by atoms with E-state index in [0.29, 0.717) is 0 Å². The van der Waals surface area contributed by atoms with Crippen LogP contribution in [0, 0.1) is 24.2 Å². The van der Waals surface area contributed by atoms with Gasteiger partial charge >= 0.3 is 0 Å². The van der Waals surface area contributed by atoms with E-state index in [4.69, 9.17) is 5.26 Å². The highest BCUT2D eigenvalue weighted by Gasteiger charge is 2.14. The van der Waals surface area contributed by atoms with Crippen LogP contribution in [0.3, 0.4) is 0 Å². The fourth-order valence-electron chi connectivity index (χ4n) is 2.59. The number of nitrogens with zero attached hydrogens (tertiary/aromatic N) is 1. The predicted octanol–water partition coefficient (Wildman–Crippen LogP) is 3.15. The van der Waals surface area contributed by atoms with Gasteiger partial charge in [-0.3, -0.25) is 0 Å². The Hall–Kier alpha value is -1.33. The van der Waals surface area contributed by atoms with Crippen molar-refractivity contribution in [2.45, 2.75) is 39.2 Å². The lowest BCUT2D eigenvalue weighted by Crippen LogP contribution is -2.21. The van der Waals surface area contributed by atoms with Gasteiger partial charge in [0.15, 0.2) is 0 Å². The van der Waals surface area contributed by atoms with E-state index in [1.807, 2.05) is 12.1 Å². The molecular formula is C15H20N2. The largest absolute Gasteiger partial charge is 0.312 e. The minimum atomic E-state index is 0.752. The molecule has 0 bridgehead atoms. The Morgan fingerprint density at radius 2 is 2.12 bits per heavy atom. The van der Waals surface area contributed by atoms with Gasteiger partial charge in [0, 0.05) is 6.54 Å². The SMILES string of the molecule is Cc1cc(C#N)ccc1CNCC1CCCC1. The minimum absolute atomic E-state index is 0.752. The zero-order valence-corrected chi connectivity index (χ0v) is 10.5. The first kappa shape index (κ1) is 12.1. The van der Waals surface area contributed by atoms with Crippen molar-refractivity contribution in [1.29, 1.82) is 5.26 Å². The number of hydrogen-bond donors (Lipinski definition) is 1. The molecule has 0 spiro atoms. The maximum absolute atomic E-state index is 8.81. The maximum Gasteiger partial charge on any atom is 0.0991 e. The topological polar surface area (TPSA) is 35.8 Å². The van der Waals surface area contributed by atoms with Gasteiger partial charge < -0.3 is 5.32 Å². The number of hydrogen-bond acceptors (Lipinski definition) is 2. The van der Waals surface area contributed by atoms with Gasteiger partial charge in [0.2, 0.25) is 0 Å². The summed E-state index contributed by atoms with van der Waals surface area (Å²) in [5, 5.41) is 12.3. The quantitative estimate of drug-likeness (QED) is 0.859. The number of nitriles is 1. The summed E-state index contributed by atoms with van der Waals surface area (Å²) >= 11 is 0. The Labute approximate surface area is 104 Å². The van der Waals surface area contributed by atoms with Crippen LogP contribution in [0.15, 0.2) is 18.2 Å². The van der Waals surface area contributed by atoms with Gasteiger partial charge in [-0.25, -0.2) is 0 Å². The smallest absolute Gasteiger partial charge is 0.0991 e. The Morgan fingerprint density at radius 3 is 2.76 bits per heavy atom. The van der Waals surface area contributed by atoms with E-state index in [2.05, 4.69) is 24.4 Å². The Balaban J connectivity index is 1.84. The highest BCUT2D eigenvalue weighted by Crippen LogP contribution is 2.23. The zero-order valence-electron chi connectivity index (χ0n) is 10.5. The molecule has 0 atom stereocenters. The van der Waals surface area contributed by atoms with Crippen LogP contribution in [0.25, 0.3) is 0 Å². The molecule has 2 rings (SSSR count). The van der Waals surface area contributed by atoms with Crippen LogP contribution in [-0.4, -0.2) is 6.54 Å². The third kappa shape index (κ3) is 3.31. The normalized spacial score (nSPS) is 16.0. The number of nitrogens with one attached hydrogen (secondary N) is 1. The van der Waals surface area contributed by atoms with Crippen LogP contribution in [0.2, 0.25) is 0 Å². The average molecular weight is 228 g/mol. The van der Waals surface area contributed by atoms with Crippen LogP contribution in [-0.2, 0) is 6.54 Å². The molecule has 2 heteroatoms. The Kier molecular flexibility index (Phi) is 4.17. The van der Waals surface area contributed by atoms with Crippen molar-refractivity contribution in [3.8, 4) is 6.07 Å². The minimum Gasteiger partial charge on any atom is -0.312 e. The van der Waals surface area contributed by atoms with Crippen LogP contribution >= 0.6 is 0 Å². The summed E-state index contributed by atoms with van der Waals surface area (Å²) in [5.74, 6) is 0.883. The molecule has 1 aromatic rings. The standard InChI is InChI=1S/C15H20N2/c1-12-8-14(9-16)6-7-15(12)11-17-10-13-4-2-3-5-13/h6-8,13,17H,2-5,10-11H2,1H3. The van der Waals surface area contributed by atoms with Crippen molar-refractivity contribution in [1.82, 2.24) is 5.32 Å². The molecule has 0 saturated heterocycles. The van der Waals surface area contributed by atoms with Gasteiger partial charge in [-0.2, -0.15) is 5.26 Å². The summed E-state index contributed by atoms with van der Waals surface area (Å²) in [6, 6.07) is 8.11. The molecule has 1 N–H and O–H groups in total. The number of benzene rings is 1. The predicted molar refractivity (Wildman–Crippen MR) is 69.6 cm³/mol. The van der Waals surface area contributed by atoms with Crippen molar-refractivity contribution in [3.63, 3.8) is 0 Å². The first-order chi connectivity index (χ1) is 8.29. The highest BCUT2D eigenvalue weighted by atomic mass is 14.9. The lowest BCUT2D eigenvalue weighted by atomic mass is 10.0. The second kappa shape index (κ2) is 5.84. The molecule has 2 nitrogen and oxygen atoms in total. The summed E-state index contributed by atoms with van der Waals surface area (Å²) in [4.78, 5) is 0. The maximum atomic E-state index is 8.81. The Bertz CT molecular complexity index is 411. The molecule has 17 heavy (non-hydrogen) atoms. The van der Waals surface area contributed by atoms with Crippen LogP contribution in [0.5, 0.6) is 0 Å². The molecule has 1 aliphatic carbocycles. The average Bonchev–Trinajstić information content (AvgIpc) is 2.84. The molecule has 1 aromatic carbocycles. The molecule has 0 radical (unpaired) electrons. The summed E-state index contributed by atoms with van der Waals surface area (Å²) < 4.78 is 0. The third-order valence-corrected chi connectivity index (χ3v) is 3.69. The van der Waals surface area contributed by atoms with Crippen molar-refractivity contribution in [3.05, 3.63) is 34.9 Å². The Morgan fingerprint density at radius 1 is 1.35 bits per heavy atom. The lowest BCUT2D eigenvalue weighted by molar-refractivity contribution is 0.489. The van der Waals surface area contributed by atoms with Crippen molar-refractivity contribution < 1.29 is 0 Å². The van der Waals surface area contributed by atoms with Crippen LogP contribution in [0.4, 0.5) is 0 Å². The van der Waals surface area contributed by atoms with Gasteiger partial charge in [0.25, 0.3) is 0 Å². The third-order valence-electron chi connectivity index (χ3n) is 3.69. The molecule has 1 fully saturated rings. The molecule has 0 aliphatic heterocycles. The zero-order chi connectivity index (χ0) is 12.1. The van der Waals surface area contributed by atoms with Gasteiger partial charge in [-0.05, 0) is 55.5 Å². The van der Waals surface area contributed by atoms with E-state index in [-0.39, 0.29) is 0 Å². The van der Waals surface area contributed by atoms with Gasteiger partial charge in [0.1, 0.15) is 0 Å². The summed E-state index contributed by atoms with van der Waals surface area (Å²) in [6.07, 6.45) is 5.59. The molecule has 0 heterocycles. The van der Waals surface area contributed by atoms with E-state index >= 15 is 0 Å². The van der Waals surface area contributed by atoms with Crippen LogP contribution in [0.1, 0.15) is 42.4 Å². The summed E-state index contributed by atoms with van der Waals surface area (Å²) in [6.45, 7) is 4.14. The van der Waals surface area contributed by atoms with E-state index in [1.54, 1.807) is 0 Å². The second-order valence-electron chi connectivity index (χ2n) is 5.03. The lowest BCUT2D eigenvalue weighted by Gasteiger charge is -2.12.